The summed E-state index contributed by atoms with van der Waals surface area (Å²) in [5.74, 6) is 1.80. The van der Waals surface area contributed by atoms with Crippen LogP contribution in [-0.4, -0.2) is 42.4 Å². The van der Waals surface area contributed by atoms with Crippen molar-refractivity contribution >= 4 is 9.84 Å². The molecule has 1 atom stereocenters. The standard InChI is InChI=1S/C16H20N2O3S/c1-12-5-3-4-6-14(12)15-9-17-16(21-15)10-18-7-8-22(19,20)11-13(18)2/h3-6,9,13H,7-8,10-11H2,1-2H3. The largest absolute Gasteiger partial charge is 0.439 e. The summed E-state index contributed by atoms with van der Waals surface area (Å²) >= 11 is 0. The second-order valence-electron chi connectivity index (χ2n) is 5.87. The van der Waals surface area contributed by atoms with E-state index >= 15 is 0 Å². The number of aryl methyl sites for hydroxylation is 1. The van der Waals surface area contributed by atoms with Gasteiger partial charge in [0.15, 0.2) is 15.6 Å². The predicted octanol–water partition coefficient (Wildman–Crippen LogP) is 2.27. The fourth-order valence-electron chi connectivity index (χ4n) is 2.80. The van der Waals surface area contributed by atoms with Gasteiger partial charge >= 0.3 is 0 Å². The third-order valence-electron chi connectivity index (χ3n) is 4.11. The van der Waals surface area contributed by atoms with Crippen LogP contribution < -0.4 is 0 Å². The average molecular weight is 320 g/mol. The van der Waals surface area contributed by atoms with Crippen LogP contribution in [0.5, 0.6) is 0 Å². The van der Waals surface area contributed by atoms with Gasteiger partial charge in [-0.15, -0.1) is 0 Å². The summed E-state index contributed by atoms with van der Waals surface area (Å²) in [5, 5.41) is 0. The molecule has 1 fully saturated rings. The summed E-state index contributed by atoms with van der Waals surface area (Å²) in [7, 11) is -2.89. The van der Waals surface area contributed by atoms with Crippen molar-refractivity contribution in [2.45, 2.75) is 26.4 Å². The molecule has 0 saturated carbocycles. The van der Waals surface area contributed by atoms with E-state index in [1.807, 2.05) is 38.1 Å². The van der Waals surface area contributed by atoms with Crippen molar-refractivity contribution in [3.8, 4) is 11.3 Å². The Labute approximate surface area is 130 Å². The maximum Gasteiger partial charge on any atom is 0.209 e. The molecule has 6 heteroatoms. The SMILES string of the molecule is Cc1ccccc1-c1cnc(CN2CCS(=O)(=O)CC2C)o1. The zero-order valence-electron chi connectivity index (χ0n) is 12.8. The van der Waals surface area contributed by atoms with Crippen LogP contribution in [0.15, 0.2) is 34.9 Å². The lowest BCUT2D eigenvalue weighted by atomic mass is 10.1. The predicted molar refractivity (Wildman–Crippen MR) is 85.2 cm³/mol. The van der Waals surface area contributed by atoms with Crippen LogP contribution in [0.1, 0.15) is 18.4 Å². The normalized spacial score (nSPS) is 21.8. The van der Waals surface area contributed by atoms with E-state index in [0.717, 1.165) is 16.9 Å². The molecule has 1 saturated heterocycles. The van der Waals surface area contributed by atoms with Gasteiger partial charge in [0.05, 0.1) is 24.2 Å². The van der Waals surface area contributed by atoms with Crippen molar-refractivity contribution in [2.24, 2.45) is 0 Å². The molecule has 2 aromatic rings. The molecule has 0 N–H and O–H groups in total. The molecule has 1 aliphatic rings. The second-order valence-corrected chi connectivity index (χ2v) is 8.10. The molecule has 1 aromatic carbocycles. The van der Waals surface area contributed by atoms with Gasteiger partial charge in [-0.1, -0.05) is 24.3 Å². The topological polar surface area (TPSA) is 63.4 Å². The second kappa shape index (κ2) is 5.85. The first-order valence-electron chi connectivity index (χ1n) is 7.40. The minimum Gasteiger partial charge on any atom is -0.439 e. The highest BCUT2D eigenvalue weighted by atomic mass is 32.2. The van der Waals surface area contributed by atoms with Crippen molar-refractivity contribution in [1.82, 2.24) is 9.88 Å². The van der Waals surface area contributed by atoms with E-state index in [1.165, 1.54) is 0 Å². The number of rotatable bonds is 3. The minimum atomic E-state index is -2.89. The van der Waals surface area contributed by atoms with Crippen molar-refractivity contribution < 1.29 is 12.8 Å². The third kappa shape index (κ3) is 3.23. The molecule has 22 heavy (non-hydrogen) atoms. The Morgan fingerprint density at radius 3 is 2.86 bits per heavy atom. The Bertz CT molecular complexity index is 767. The smallest absolute Gasteiger partial charge is 0.209 e. The molecule has 0 radical (unpaired) electrons. The lowest BCUT2D eigenvalue weighted by Gasteiger charge is -2.31. The fraction of sp³-hybridized carbons (Fsp3) is 0.438. The van der Waals surface area contributed by atoms with Crippen LogP contribution in [0.25, 0.3) is 11.3 Å². The molecule has 1 aromatic heterocycles. The van der Waals surface area contributed by atoms with E-state index in [2.05, 4.69) is 9.88 Å². The van der Waals surface area contributed by atoms with E-state index in [4.69, 9.17) is 4.42 Å². The molecule has 0 spiro atoms. The molecule has 0 aliphatic carbocycles. The third-order valence-corrected chi connectivity index (χ3v) is 5.91. The van der Waals surface area contributed by atoms with Crippen molar-refractivity contribution in [3.63, 3.8) is 0 Å². The van der Waals surface area contributed by atoms with Gasteiger partial charge in [0, 0.05) is 18.2 Å². The van der Waals surface area contributed by atoms with E-state index < -0.39 is 9.84 Å². The molecule has 1 aliphatic heterocycles. The Balaban J connectivity index is 1.74. The Kier molecular flexibility index (Phi) is 4.06. The van der Waals surface area contributed by atoms with Gasteiger partial charge in [0.25, 0.3) is 0 Å². The van der Waals surface area contributed by atoms with Crippen molar-refractivity contribution in [2.75, 3.05) is 18.1 Å². The summed E-state index contributed by atoms with van der Waals surface area (Å²) < 4.78 is 29.1. The fourth-order valence-corrected chi connectivity index (χ4v) is 4.42. The molecule has 2 heterocycles. The van der Waals surface area contributed by atoms with Gasteiger partial charge in [0.1, 0.15) is 0 Å². The maximum atomic E-state index is 11.6. The highest BCUT2D eigenvalue weighted by Gasteiger charge is 2.28. The molecular weight excluding hydrogens is 300 g/mol. The summed E-state index contributed by atoms with van der Waals surface area (Å²) in [6.45, 7) is 5.05. The van der Waals surface area contributed by atoms with Gasteiger partial charge < -0.3 is 4.42 Å². The van der Waals surface area contributed by atoms with Crippen LogP contribution in [0, 0.1) is 6.92 Å². The van der Waals surface area contributed by atoms with Gasteiger partial charge in [-0.05, 0) is 19.4 Å². The number of hydrogen-bond acceptors (Lipinski definition) is 5. The van der Waals surface area contributed by atoms with E-state index in [-0.39, 0.29) is 17.5 Å². The average Bonchev–Trinajstić information content (AvgIpc) is 2.90. The summed E-state index contributed by atoms with van der Waals surface area (Å²) in [6, 6.07) is 8.01. The van der Waals surface area contributed by atoms with E-state index in [0.29, 0.717) is 19.0 Å². The first-order chi connectivity index (χ1) is 10.4. The minimum absolute atomic E-state index is 0.00689. The van der Waals surface area contributed by atoms with Crippen LogP contribution in [0.3, 0.4) is 0 Å². The van der Waals surface area contributed by atoms with Crippen LogP contribution in [-0.2, 0) is 16.4 Å². The number of oxazole rings is 1. The summed E-state index contributed by atoms with van der Waals surface area (Å²) in [5.41, 5.74) is 2.18. The lowest BCUT2D eigenvalue weighted by molar-refractivity contribution is 0.198. The van der Waals surface area contributed by atoms with Crippen LogP contribution >= 0.6 is 0 Å². The van der Waals surface area contributed by atoms with Crippen molar-refractivity contribution in [3.05, 3.63) is 41.9 Å². The molecule has 0 bridgehead atoms. The molecule has 5 nitrogen and oxygen atoms in total. The quantitative estimate of drug-likeness (QED) is 0.868. The number of aromatic nitrogens is 1. The number of benzene rings is 1. The molecule has 1 unspecified atom stereocenters. The Morgan fingerprint density at radius 1 is 1.36 bits per heavy atom. The van der Waals surface area contributed by atoms with Gasteiger partial charge in [-0.2, -0.15) is 0 Å². The zero-order valence-corrected chi connectivity index (χ0v) is 13.6. The Morgan fingerprint density at radius 2 is 2.14 bits per heavy atom. The van der Waals surface area contributed by atoms with Crippen LogP contribution in [0.2, 0.25) is 0 Å². The first kappa shape index (κ1) is 15.2. The van der Waals surface area contributed by atoms with E-state index in [9.17, 15) is 8.42 Å². The monoisotopic (exact) mass is 320 g/mol. The molecule has 118 valence electrons. The number of hydrogen-bond donors (Lipinski definition) is 0. The van der Waals surface area contributed by atoms with E-state index in [1.54, 1.807) is 6.20 Å². The first-order valence-corrected chi connectivity index (χ1v) is 9.22. The summed E-state index contributed by atoms with van der Waals surface area (Å²) in [4.78, 5) is 6.45. The number of sulfone groups is 1. The molecular formula is C16H20N2O3S. The molecule has 0 amide bonds. The highest BCUT2D eigenvalue weighted by Crippen LogP contribution is 2.24. The van der Waals surface area contributed by atoms with Crippen LogP contribution in [0.4, 0.5) is 0 Å². The Hall–Kier alpha value is -1.66. The zero-order chi connectivity index (χ0) is 15.7. The maximum absolute atomic E-state index is 11.6. The number of nitrogens with zero attached hydrogens (tertiary/aromatic N) is 2. The van der Waals surface area contributed by atoms with Crippen molar-refractivity contribution in [1.29, 1.82) is 0 Å². The van der Waals surface area contributed by atoms with Gasteiger partial charge in [0.2, 0.25) is 5.89 Å². The molecule has 3 rings (SSSR count). The van der Waals surface area contributed by atoms with Gasteiger partial charge in [-0.25, -0.2) is 13.4 Å². The highest BCUT2D eigenvalue weighted by molar-refractivity contribution is 7.91. The lowest BCUT2D eigenvalue weighted by Crippen LogP contribution is -2.46. The van der Waals surface area contributed by atoms with Gasteiger partial charge in [-0.3, -0.25) is 4.90 Å². The summed E-state index contributed by atoms with van der Waals surface area (Å²) in [6.07, 6.45) is 1.74.